The van der Waals surface area contributed by atoms with E-state index in [2.05, 4.69) is 51.3 Å². The maximum absolute atomic E-state index is 12.0. The summed E-state index contributed by atoms with van der Waals surface area (Å²) in [6.45, 7) is 6.45. The third-order valence-electron chi connectivity index (χ3n) is 5.41. The highest BCUT2D eigenvalue weighted by Crippen LogP contribution is 2.27. The van der Waals surface area contributed by atoms with Gasteiger partial charge in [-0.15, -0.1) is 0 Å². The van der Waals surface area contributed by atoms with E-state index in [9.17, 15) is 4.79 Å². The zero-order chi connectivity index (χ0) is 18.5. The number of aliphatic imine (C=N–C) groups is 1. The molecule has 1 aromatic rings. The minimum absolute atomic E-state index is 0.0211. The Hall–Kier alpha value is -2.08. The number of guanidine groups is 1. The number of carbonyl (C=O) groups is 1. The SMILES string of the molecule is CCN1CCCC1CNC(=NCC(=O)N(C)C)N1CCc2ccccc21. The maximum Gasteiger partial charge on any atom is 0.243 e. The van der Waals surface area contributed by atoms with E-state index in [1.165, 1.54) is 30.6 Å². The maximum atomic E-state index is 12.0. The van der Waals surface area contributed by atoms with E-state index in [0.29, 0.717) is 6.04 Å². The minimum atomic E-state index is 0.0211. The second kappa shape index (κ2) is 8.54. The fourth-order valence-electron chi connectivity index (χ4n) is 3.83. The van der Waals surface area contributed by atoms with Gasteiger partial charge in [-0.25, -0.2) is 4.99 Å². The Labute approximate surface area is 156 Å². The van der Waals surface area contributed by atoms with Crippen molar-refractivity contribution in [3.63, 3.8) is 0 Å². The summed E-state index contributed by atoms with van der Waals surface area (Å²) in [5.74, 6) is 0.848. The van der Waals surface area contributed by atoms with E-state index >= 15 is 0 Å². The summed E-state index contributed by atoms with van der Waals surface area (Å²) in [4.78, 5) is 23.0. The lowest BCUT2D eigenvalue weighted by molar-refractivity contribution is -0.127. The number of fused-ring (bicyclic) bond motifs is 1. The number of likely N-dealkylation sites (tertiary alicyclic amines) is 1. The van der Waals surface area contributed by atoms with Crippen molar-refractivity contribution in [3.8, 4) is 0 Å². The molecular weight excluding hydrogens is 326 g/mol. The number of nitrogens with one attached hydrogen (secondary N) is 1. The lowest BCUT2D eigenvalue weighted by atomic mass is 10.2. The van der Waals surface area contributed by atoms with Gasteiger partial charge in [0.2, 0.25) is 5.91 Å². The van der Waals surface area contributed by atoms with Crippen LogP contribution >= 0.6 is 0 Å². The predicted octanol–water partition coefficient (Wildman–Crippen LogP) is 1.57. The van der Waals surface area contributed by atoms with Gasteiger partial charge in [-0.1, -0.05) is 25.1 Å². The van der Waals surface area contributed by atoms with Crippen LogP contribution in [0.25, 0.3) is 0 Å². The summed E-state index contributed by atoms with van der Waals surface area (Å²) in [6, 6.07) is 9.01. The molecule has 6 heteroatoms. The molecule has 26 heavy (non-hydrogen) atoms. The first-order valence-corrected chi connectivity index (χ1v) is 9.68. The van der Waals surface area contributed by atoms with Crippen molar-refractivity contribution in [2.75, 3.05) is 51.7 Å². The monoisotopic (exact) mass is 357 g/mol. The second-order valence-corrected chi connectivity index (χ2v) is 7.26. The molecule has 0 radical (unpaired) electrons. The Bertz CT molecular complexity index is 657. The fraction of sp³-hybridized carbons (Fsp3) is 0.600. The number of benzene rings is 1. The number of likely N-dealkylation sites (N-methyl/N-ethyl adjacent to an activating group) is 2. The van der Waals surface area contributed by atoms with Crippen LogP contribution in [0.4, 0.5) is 5.69 Å². The van der Waals surface area contributed by atoms with Gasteiger partial charge < -0.3 is 15.1 Å². The lowest BCUT2D eigenvalue weighted by Gasteiger charge is -2.27. The summed E-state index contributed by atoms with van der Waals surface area (Å²) in [6.07, 6.45) is 3.50. The van der Waals surface area contributed by atoms with E-state index in [1.807, 2.05) is 0 Å². The van der Waals surface area contributed by atoms with Crippen LogP contribution in [0.3, 0.4) is 0 Å². The normalized spacial score (nSPS) is 20.3. The number of carbonyl (C=O) groups excluding carboxylic acids is 1. The Morgan fingerprint density at radius 2 is 2.12 bits per heavy atom. The zero-order valence-corrected chi connectivity index (χ0v) is 16.2. The van der Waals surface area contributed by atoms with Crippen LogP contribution in [0.5, 0.6) is 0 Å². The Kier molecular flexibility index (Phi) is 6.14. The fourth-order valence-corrected chi connectivity index (χ4v) is 3.83. The minimum Gasteiger partial charge on any atom is -0.354 e. The van der Waals surface area contributed by atoms with Crippen molar-refractivity contribution in [1.82, 2.24) is 15.1 Å². The van der Waals surface area contributed by atoms with E-state index < -0.39 is 0 Å². The molecule has 0 saturated carbocycles. The number of para-hydroxylation sites is 1. The molecule has 1 saturated heterocycles. The van der Waals surface area contributed by atoms with Gasteiger partial charge in [0.25, 0.3) is 0 Å². The largest absolute Gasteiger partial charge is 0.354 e. The molecule has 0 aliphatic carbocycles. The topological polar surface area (TPSA) is 51.2 Å². The van der Waals surface area contributed by atoms with Crippen LogP contribution < -0.4 is 10.2 Å². The van der Waals surface area contributed by atoms with Gasteiger partial charge in [0, 0.05) is 38.9 Å². The lowest BCUT2D eigenvalue weighted by Crippen LogP contribution is -2.47. The Morgan fingerprint density at radius 1 is 1.31 bits per heavy atom. The molecule has 1 N–H and O–H groups in total. The third-order valence-corrected chi connectivity index (χ3v) is 5.41. The highest BCUT2D eigenvalue weighted by Gasteiger charge is 2.26. The smallest absolute Gasteiger partial charge is 0.243 e. The molecule has 3 rings (SSSR count). The molecule has 0 spiro atoms. The van der Waals surface area contributed by atoms with Gasteiger partial charge in [0.05, 0.1) is 0 Å². The van der Waals surface area contributed by atoms with Crippen LogP contribution in [0.1, 0.15) is 25.3 Å². The zero-order valence-electron chi connectivity index (χ0n) is 16.2. The summed E-state index contributed by atoms with van der Waals surface area (Å²) in [7, 11) is 3.54. The van der Waals surface area contributed by atoms with Gasteiger partial charge in [-0.3, -0.25) is 9.69 Å². The number of anilines is 1. The molecule has 1 aromatic carbocycles. The highest BCUT2D eigenvalue weighted by atomic mass is 16.2. The predicted molar refractivity (Wildman–Crippen MR) is 107 cm³/mol. The molecule has 0 aromatic heterocycles. The van der Waals surface area contributed by atoms with Crippen LogP contribution in [-0.4, -0.2) is 74.5 Å². The Balaban J connectivity index is 1.74. The molecule has 1 amide bonds. The molecule has 1 unspecified atom stereocenters. The summed E-state index contributed by atoms with van der Waals surface area (Å²) in [5.41, 5.74) is 2.55. The molecule has 6 nitrogen and oxygen atoms in total. The highest BCUT2D eigenvalue weighted by molar-refractivity contribution is 5.99. The first kappa shape index (κ1) is 18.7. The van der Waals surface area contributed by atoms with E-state index in [1.54, 1.807) is 19.0 Å². The molecule has 2 aliphatic rings. The van der Waals surface area contributed by atoms with Crippen molar-refractivity contribution in [1.29, 1.82) is 0 Å². The molecule has 2 aliphatic heterocycles. The molecule has 2 heterocycles. The van der Waals surface area contributed by atoms with Gasteiger partial charge >= 0.3 is 0 Å². The first-order valence-electron chi connectivity index (χ1n) is 9.68. The number of amides is 1. The summed E-state index contributed by atoms with van der Waals surface area (Å²) < 4.78 is 0. The number of hydrogen-bond acceptors (Lipinski definition) is 3. The van der Waals surface area contributed by atoms with Crippen molar-refractivity contribution < 1.29 is 4.79 Å². The van der Waals surface area contributed by atoms with Crippen molar-refractivity contribution in [3.05, 3.63) is 29.8 Å². The molecule has 1 fully saturated rings. The summed E-state index contributed by atoms with van der Waals surface area (Å²) >= 11 is 0. The molecule has 1 atom stereocenters. The number of rotatable bonds is 5. The van der Waals surface area contributed by atoms with Crippen molar-refractivity contribution >= 4 is 17.6 Å². The van der Waals surface area contributed by atoms with Crippen molar-refractivity contribution in [2.24, 2.45) is 4.99 Å². The van der Waals surface area contributed by atoms with Crippen LogP contribution in [-0.2, 0) is 11.2 Å². The van der Waals surface area contributed by atoms with Crippen molar-refractivity contribution in [2.45, 2.75) is 32.2 Å². The van der Waals surface area contributed by atoms with E-state index in [4.69, 9.17) is 0 Å². The molecular formula is C20H31N5O. The van der Waals surface area contributed by atoms with Crippen LogP contribution in [0.2, 0.25) is 0 Å². The van der Waals surface area contributed by atoms with E-state index in [-0.39, 0.29) is 12.5 Å². The average molecular weight is 358 g/mol. The molecule has 0 bridgehead atoms. The van der Waals surface area contributed by atoms with Gasteiger partial charge in [0.1, 0.15) is 6.54 Å². The average Bonchev–Trinajstić information content (AvgIpc) is 3.28. The first-order chi connectivity index (χ1) is 12.6. The van der Waals surface area contributed by atoms with Gasteiger partial charge in [-0.2, -0.15) is 0 Å². The number of nitrogens with zero attached hydrogens (tertiary/aromatic N) is 4. The third kappa shape index (κ3) is 4.18. The standard InChI is InChI=1S/C20H31N5O/c1-4-24-12-7-9-17(24)14-21-20(22-15-19(26)23(2)3)25-13-11-16-8-5-6-10-18(16)25/h5-6,8,10,17H,4,7,9,11-15H2,1-3H3,(H,21,22). The second-order valence-electron chi connectivity index (χ2n) is 7.26. The number of hydrogen-bond donors (Lipinski definition) is 1. The van der Waals surface area contributed by atoms with Crippen LogP contribution in [0, 0.1) is 0 Å². The van der Waals surface area contributed by atoms with Gasteiger partial charge in [0.15, 0.2) is 5.96 Å². The van der Waals surface area contributed by atoms with Crippen LogP contribution in [0.15, 0.2) is 29.3 Å². The summed E-state index contributed by atoms with van der Waals surface area (Å²) in [5, 5.41) is 3.57. The quantitative estimate of drug-likeness (QED) is 0.642. The van der Waals surface area contributed by atoms with Gasteiger partial charge in [-0.05, 0) is 44.0 Å². The Morgan fingerprint density at radius 3 is 2.88 bits per heavy atom. The molecule has 142 valence electrons. The van der Waals surface area contributed by atoms with E-state index in [0.717, 1.165) is 32.0 Å².